The zero-order valence-electron chi connectivity index (χ0n) is 12.1. The fourth-order valence-corrected chi connectivity index (χ4v) is 2.37. The van der Waals surface area contributed by atoms with Crippen molar-refractivity contribution in [2.75, 3.05) is 0 Å². The molecular formula is C18H15NO3. The van der Waals surface area contributed by atoms with Gasteiger partial charge in [0.25, 0.3) is 0 Å². The Morgan fingerprint density at radius 2 is 1.64 bits per heavy atom. The minimum atomic E-state index is -1.02. The molecule has 110 valence electrons. The van der Waals surface area contributed by atoms with E-state index >= 15 is 0 Å². The molecule has 3 aromatic rings. The van der Waals surface area contributed by atoms with Gasteiger partial charge in [0, 0.05) is 5.56 Å². The molecule has 0 radical (unpaired) electrons. The number of hydrogen-bond donors (Lipinski definition) is 1. The highest BCUT2D eigenvalue weighted by Gasteiger charge is 2.27. The number of nitrogens with zero attached hydrogens (tertiary/aromatic N) is 1. The van der Waals surface area contributed by atoms with Gasteiger partial charge in [0.05, 0.1) is 11.3 Å². The summed E-state index contributed by atoms with van der Waals surface area (Å²) in [5, 5.41) is 14.3. The first kappa shape index (κ1) is 14.2. The van der Waals surface area contributed by atoms with Gasteiger partial charge in [-0.05, 0) is 12.5 Å². The number of carbonyl (C=O) groups excluding carboxylic acids is 1. The fourth-order valence-electron chi connectivity index (χ4n) is 2.37. The van der Waals surface area contributed by atoms with Crippen LogP contribution in [0.15, 0.2) is 65.2 Å². The van der Waals surface area contributed by atoms with Crippen LogP contribution in [0, 0.1) is 6.92 Å². The molecule has 0 amide bonds. The SMILES string of the molecule is Cc1noc(C(O)c2ccccc2)c1C(=O)c1ccccc1. The third-order valence-corrected chi connectivity index (χ3v) is 3.52. The van der Waals surface area contributed by atoms with Crippen molar-refractivity contribution in [3.8, 4) is 0 Å². The van der Waals surface area contributed by atoms with Crippen LogP contribution in [0.25, 0.3) is 0 Å². The summed E-state index contributed by atoms with van der Waals surface area (Å²) in [6, 6.07) is 17.9. The zero-order chi connectivity index (χ0) is 15.5. The second-order valence-corrected chi connectivity index (χ2v) is 5.02. The lowest BCUT2D eigenvalue weighted by atomic mass is 9.97. The van der Waals surface area contributed by atoms with E-state index in [1.807, 2.05) is 24.3 Å². The monoisotopic (exact) mass is 293 g/mol. The molecule has 0 spiro atoms. The lowest BCUT2D eigenvalue weighted by molar-refractivity contribution is 0.102. The van der Waals surface area contributed by atoms with Crippen molar-refractivity contribution in [1.82, 2.24) is 5.16 Å². The van der Waals surface area contributed by atoms with Crippen LogP contribution in [0.5, 0.6) is 0 Å². The van der Waals surface area contributed by atoms with Gasteiger partial charge in [-0.1, -0.05) is 65.8 Å². The van der Waals surface area contributed by atoms with Crippen LogP contribution in [0.1, 0.15) is 39.0 Å². The summed E-state index contributed by atoms with van der Waals surface area (Å²) >= 11 is 0. The number of rotatable bonds is 4. The Balaban J connectivity index is 2.03. The summed E-state index contributed by atoms with van der Waals surface area (Å²) in [4.78, 5) is 12.7. The molecule has 3 rings (SSSR count). The first-order chi connectivity index (χ1) is 10.7. The minimum absolute atomic E-state index is 0.178. The lowest BCUT2D eigenvalue weighted by Gasteiger charge is -2.09. The molecule has 2 aromatic carbocycles. The van der Waals surface area contributed by atoms with Gasteiger partial charge in [0.15, 0.2) is 11.5 Å². The molecule has 1 unspecified atom stereocenters. The van der Waals surface area contributed by atoms with E-state index in [-0.39, 0.29) is 11.5 Å². The first-order valence-electron chi connectivity index (χ1n) is 6.97. The number of aryl methyl sites for hydroxylation is 1. The normalized spacial score (nSPS) is 12.1. The summed E-state index contributed by atoms with van der Waals surface area (Å²) in [5.74, 6) is -0.0260. The topological polar surface area (TPSA) is 63.3 Å². The van der Waals surface area contributed by atoms with Crippen LogP contribution in [0.2, 0.25) is 0 Å². The molecule has 0 aliphatic rings. The van der Waals surface area contributed by atoms with Crippen LogP contribution in [-0.2, 0) is 0 Å². The highest BCUT2D eigenvalue weighted by atomic mass is 16.5. The third kappa shape index (κ3) is 2.56. The number of carbonyl (C=O) groups is 1. The average Bonchev–Trinajstić information content (AvgIpc) is 2.96. The molecule has 0 saturated carbocycles. The summed E-state index contributed by atoms with van der Waals surface area (Å²) in [6.45, 7) is 1.70. The molecule has 22 heavy (non-hydrogen) atoms. The van der Waals surface area contributed by atoms with Gasteiger partial charge in [-0.2, -0.15) is 0 Å². The summed E-state index contributed by atoms with van der Waals surface area (Å²) in [6.07, 6.45) is -1.02. The second-order valence-electron chi connectivity index (χ2n) is 5.02. The van der Waals surface area contributed by atoms with Crippen molar-refractivity contribution in [1.29, 1.82) is 0 Å². The standard InChI is InChI=1S/C18H15NO3/c1-12-15(16(20)13-8-4-2-5-9-13)18(22-19-12)17(21)14-10-6-3-7-11-14/h2-11,17,21H,1H3. The number of hydrogen-bond acceptors (Lipinski definition) is 4. The van der Waals surface area contributed by atoms with Crippen LogP contribution >= 0.6 is 0 Å². The molecule has 4 nitrogen and oxygen atoms in total. The maximum atomic E-state index is 12.7. The van der Waals surface area contributed by atoms with E-state index in [0.717, 1.165) is 0 Å². The Morgan fingerprint density at radius 1 is 1.05 bits per heavy atom. The Morgan fingerprint density at radius 3 is 2.27 bits per heavy atom. The molecule has 0 bridgehead atoms. The minimum Gasteiger partial charge on any atom is -0.380 e. The molecule has 1 aromatic heterocycles. The van der Waals surface area contributed by atoms with Crippen LogP contribution in [0.4, 0.5) is 0 Å². The van der Waals surface area contributed by atoms with Gasteiger partial charge < -0.3 is 9.63 Å². The summed E-state index contributed by atoms with van der Waals surface area (Å²) in [7, 11) is 0. The van der Waals surface area contributed by atoms with Gasteiger partial charge in [-0.25, -0.2) is 0 Å². The van der Waals surface area contributed by atoms with Crippen molar-refractivity contribution in [3.63, 3.8) is 0 Å². The van der Waals surface area contributed by atoms with Gasteiger partial charge in [-0.3, -0.25) is 4.79 Å². The number of benzene rings is 2. The van der Waals surface area contributed by atoms with E-state index in [2.05, 4.69) is 5.16 Å². The molecule has 1 N–H and O–H groups in total. The Kier molecular flexibility index (Phi) is 3.85. The Labute approximate surface area is 128 Å². The van der Waals surface area contributed by atoms with Gasteiger partial charge >= 0.3 is 0 Å². The number of ketones is 1. The van der Waals surface area contributed by atoms with Crippen molar-refractivity contribution in [2.24, 2.45) is 0 Å². The fraction of sp³-hybridized carbons (Fsp3) is 0.111. The van der Waals surface area contributed by atoms with Crippen molar-refractivity contribution in [2.45, 2.75) is 13.0 Å². The maximum Gasteiger partial charge on any atom is 0.198 e. The van der Waals surface area contributed by atoms with E-state index in [0.29, 0.717) is 22.4 Å². The third-order valence-electron chi connectivity index (χ3n) is 3.52. The van der Waals surface area contributed by atoms with Gasteiger partial charge in [0.1, 0.15) is 6.10 Å². The number of aromatic nitrogens is 1. The molecule has 0 saturated heterocycles. The van der Waals surface area contributed by atoms with E-state index in [4.69, 9.17) is 4.52 Å². The van der Waals surface area contributed by atoms with Gasteiger partial charge in [0.2, 0.25) is 0 Å². The van der Waals surface area contributed by atoms with Crippen LogP contribution < -0.4 is 0 Å². The van der Waals surface area contributed by atoms with Crippen LogP contribution in [-0.4, -0.2) is 16.0 Å². The molecule has 0 aliphatic heterocycles. The largest absolute Gasteiger partial charge is 0.380 e. The maximum absolute atomic E-state index is 12.7. The van der Waals surface area contributed by atoms with E-state index in [1.54, 1.807) is 43.3 Å². The van der Waals surface area contributed by atoms with E-state index in [1.165, 1.54) is 0 Å². The average molecular weight is 293 g/mol. The quantitative estimate of drug-likeness (QED) is 0.750. The molecule has 1 heterocycles. The van der Waals surface area contributed by atoms with E-state index < -0.39 is 6.10 Å². The molecule has 4 heteroatoms. The van der Waals surface area contributed by atoms with Crippen molar-refractivity contribution in [3.05, 3.63) is 88.8 Å². The van der Waals surface area contributed by atoms with Gasteiger partial charge in [-0.15, -0.1) is 0 Å². The smallest absolute Gasteiger partial charge is 0.198 e. The number of aliphatic hydroxyl groups excluding tert-OH is 1. The second kappa shape index (κ2) is 5.95. The summed E-state index contributed by atoms with van der Waals surface area (Å²) in [5.41, 5.74) is 1.98. The van der Waals surface area contributed by atoms with Crippen molar-refractivity contribution >= 4 is 5.78 Å². The Bertz CT molecular complexity index is 779. The summed E-state index contributed by atoms with van der Waals surface area (Å²) < 4.78 is 5.23. The van der Waals surface area contributed by atoms with Crippen molar-refractivity contribution < 1.29 is 14.4 Å². The first-order valence-corrected chi connectivity index (χ1v) is 6.97. The molecule has 0 fully saturated rings. The molecular weight excluding hydrogens is 278 g/mol. The Hall–Kier alpha value is -2.72. The number of aliphatic hydroxyl groups is 1. The highest BCUT2D eigenvalue weighted by molar-refractivity contribution is 6.10. The van der Waals surface area contributed by atoms with E-state index in [9.17, 15) is 9.90 Å². The molecule has 1 atom stereocenters. The zero-order valence-corrected chi connectivity index (χ0v) is 12.1. The molecule has 0 aliphatic carbocycles. The highest BCUT2D eigenvalue weighted by Crippen LogP contribution is 2.28. The predicted molar refractivity (Wildman–Crippen MR) is 81.6 cm³/mol. The predicted octanol–water partition coefficient (Wildman–Crippen LogP) is 3.30. The lowest BCUT2D eigenvalue weighted by Crippen LogP contribution is -2.08. The van der Waals surface area contributed by atoms with Crippen LogP contribution in [0.3, 0.4) is 0 Å².